The molecular weight excluding hydrogens is 390 g/mol. The summed E-state index contributed by atoms with van der Waals surface area (Å²) in [5.41, 5.74) is 2.69. The van der Waals surface area contributed by atoms with E-state index in [9.17, 15) is 22.4 Å². The zero-order chi connectivity index (χ0) is 21.2. The first-order valence-electron chi connectivity index (χ1n) is 8.59. The zero-order valence-corrected chi connectivity index (χ0v) is 15.5. The number of carbonyl (C=O) groups excluding carboxylic acids is 1. The lowest BCUT2D eigenvalue weighted by Gasteiger charge is -2.10. The molecule has 9 heteroatoms. The molecule has 1 amide bonds. The number of hydrogen-bond acceptors (Lipinski definition) is 3. The molecule has 0 saturated heterocycles. The maximum Gasteiger partial charge on any atom is 0.573 e. The van der Waals surface area contributed by atoms with Crippen molar-refractivity contribution in [2.24, 2.45) is 0 Å². The van der Waals surface area contributed by atoms with E-state index < -0.39 is 6.36 Å². The van der Waals surface area contributed by atoms with Crippen LogP contribution in [0.3, 0.4) is 0 Å². The van der Waals surface area contributed by atoms with Crippen LogP contribution < -0.4 is 10.1 Å². The van der Waals surface area contributed by atoms with E-state index >= 15 is 0 Å². The summed E-state index contributed by atoms with van der Waals surface area (Å²) in [5, 5.41) is 7.07. The Labute approximate surface area is 163 Å². The van der Waals surface area contributed by atoms with Crippen molar-refractivity contribution in [1.29, 1.82) is 0 Å². The van der Waals surface area contributed by atoms with Gasteiger partial charge in [0, 0.05) is 6.54 Å². The molecule has 3 rings (SSSR count). The number of nitrogens with one attached hydrogen (secondary N) is 1. The Morgan fingerprint density at radius 3 is 2.28 bits per heavy atom. The van der Waals surface area contributed by atoms with Crippen LogP contribution in [0.15, 0.2) is 48.5 Å². The Kier molecular flexibility index (Phi) is 5.58. The largest absolute Gasteiger partial charge is 0.573 e. The van der Waals surface area contributed by atoms with Crippen molar-refractivity contribution >= 4 is 5.91 Å². The zero-order valence-electron chi connectivity index (χ0n) is 15.5. The van der Waals surface area contributed by atoms with Gasteiger partial charge in [0.1, 0.15) is 11.6 Å². The van der Waals surface area contributed by atoms with Gasteiger partial charge in [0.2, 0.25) is 0 Å². The molecule has 5 nitrogen and oxygen atoms in total. The van der Waals surface area contributed by atoms with E-state index in [1.54, 1.807) is 30.7 Å². The van der Waals surface area contributed by atoms with Crippen molar-refractivity contribution < 1.29 is 27.1 Å². The van der Waals surface area contributed by atoms with E-state index in [0.717, 1.165) is 0 Å². The van der Waals surface area contributed by atoms with E-state index in [2.05, 4.69) is 15.2 Å². The fraction of sp³-hybridized carbons (Fsp3) is 0.200. The minimum atomic E-state index is -4.75. The van der Waals surface area contributed by atoms with Crippen LogP contribution in [0.25, 0.3) is 5.69 Å². The van der Waals surface area contributed by atoms with Crippen molar-refractivity contribution in [3.8, 4) is 11.4 Å². The highest BCUT2D eigenvalue weighted by Crippen LogP contribution is 2.23. The van der Waals surface area contributed by atoms with Crippen LogP contribution in [0.2, 0.25) is 0 Å². The monoisotopic (exact) mass is 407 g/mol. The Hall–Kier alpha value is -3.36. The molecule has 0 aliphatic heterocycles. The molecule has 0 saturated carbocycles. The molecule has 29 heavy (non-hydrogen) atoms. The minimum Gasteiger partial charge on any atom is -0.406 e. The molecule has 0 radical (unpaired) electrons. The van der Waals surface area contributed by atoms with E-state index in [0.29, 0.717) is 28.2 Å². The number of amides is 1. The Morgan fingerprint density at radius 1 is 1.07 bits per heavy atom. The fourth-order valence-corrected chi connectivity index (χ4v) is 2.88. The lowest BCUT2D eigenvalue weighted by atomic mass is 10.1. The number of alkyl halides is 3. The normalized spacial score (nSPS) is 11.4. The molecule has 0 fully saturated rings. The molecule has 1 heterocycles. The molecule has 2 aromatic carbocycles. The van der Waals surface area contributed by atoms with Gasteiger partial charge in [-0.3, -0.25) is 4.79 Å². The Balaban J connectivity index is 1.70. The van der Waals surface area contributed by atoms with Crippen LogP contribution in [-0.4, -0.2) is 22.1 Å². The third-order valence-electron chi connectivity index (χ3n) is 4.20. The van der Waals surface area contributed by atoms with Crippen molar-refractivity contribution in [3.63, 3.8) is 0 Å². The second-order valence-corrected chi connectivity index (χ2v) is 6.31. The van der Waals surface area contributed by atoms with E-state index in [1.165, 1.54) is 36.4 Å². The van der Waals surface area contributed by atoms with Crippen LogP contribution in [0.5, 0.6) is 5.75 Å². The third kappa shape index (κ3) is 4.92. The van der Waals surface area contributed by atoms with E-state index in [-0.39, 0.29) is 24.0 Å². The van der Waals surface area contributed by atoms with Gasteiger partial charge in [0.25, 0.3) is 5.91 Å². The van der Waals surface area contributed by atoms with Gasteiger partial charge in [-0.05, 0) is 55.8 Å². The Morgan fingerprint density at radius 2 is 1.69 bits per heavy atom. The number of rotatable bonds is 5. The topological polar surface area (TPSA) is 56.2 Å². The molecule has 0 aliphatic carbocycles. The van der Waals surface area contributed by atoms with Crippen molar-refractivity contribution in [2.45, 2.75) is 26.8 Å². The van der Waals surface area contributed by atoms with Crippen molar-refractivity contribution in [1.82, 2.24) is 15.1 Å². The number of benzene rings is 2. The predicted molar refractivity (Wildman–Crippen MR) is 97.3 cm³/mol. The van der Waals surface area contributed by atoms with Gasteiger partial charge in [0.15, 0.2) is 0 Å². The summed E-state index contributed by atoms with van der Waals surface area (Å²) in [6, 6.07) is 10.9. The van der Waals surface area contributed by atoms with Gasteiger partial charge in [-0.15, -0.1) is 13.2 Å². The molecular formula is C20H17F4N3O2. The first kappa shape index (κ1) is 20.4. The molecule has 1 N–H and O–H groups in total. The third-order valence-corrected chi connectivity index (χ3v) is 4.20. The second kappa shape index (κ2) is 7.94. The predicted octanol–water partition coefficient (Wildman–Crippen LogP) is 4.46. The summed E-state index contributed by atoms with van der Waals surface area (Å²) < 4.78 is 55.1. The minimum absolute atomic E-state index is 0.117. The first-order valence-corrected chi connectivity index (χ1v) is 8.59. The summed E-state index contributed by atoms with van der Waals surface area (Å²) in [6.45, 7) is 3.53. The SMILES string of the molecule is Cc1nn(-c2ccc(F)cc2)c(C)c1C(=O)NCc1ccc(OC(F)(F)F)cc1. The van der Waals surface area contributed by atoms with Crippen LogP contribution in [0.1, 0.15) is 27.3 Å². The number of carbonyl (C=O) groups is 1. The summed E-state index contributed by atoms with van der Waals surface area (Å²) in [6.07, 6.45) is -4.75. The first-order chi connectivity index (χ1) is 13.6. The Bertz CT molecular complexity index is 1010. The lowest BCUT2D eigenvalue weighted by molar-refractivity contribution is -0.274. The van der Waals surface area contributed by atoms with Crippen LogP contribution >= 0.6 is 0 Å². The average Bonchev–Trinajstić information content (AvgIpc) is 2.94. The van der Waals surface area contributed by atoms with Crippen molar-refractivity contribution in [3.05, 3.63) is 76.9 Å². The smallest absolute Gasteiger partial charge is 0.406 e. The molecule has 3 aromatic rings. The lowest BCUT2D eigenvalue weighted by Crippen LogP contribution is -2.24. The van der Waals surface area contributed by atoms with Gasteiger partial charge in [-0.2, -0.15) is 5.10 Å². The molecule has 152 valence electrons. The molecule has 1 aromatic heterocycles. The summed E-state index contributed by atoms with van der Waals surface area (Å²) >= 11 is 0. The number of aromatic nitrogens is 2. The molecule has 0 bridgehead atoms. The van der Waals surface area contributed by atoms with Crippen LogP contribution in [-0.2, 0) is 6.54 Å². The number of halogens is 4. The molecule has 0 spiro atoms. The number of ether oxygens (including phenoxy) is 1. The van der Waals surface area contributed by atoms with Crippen molar-refractivity contribution in [2.75, 3.05) is 0 Å². The molecule has 0 aliphatic rings. The molecule has 0 atom stereocenters. The summed E-state index contributed by atoms with van der Waals surface area (Å²) in [5.74, 6) is -1.08. The van der Waals surface area contributed by atoms with Gasteiger partial charge in [0.05, 0.1) is 22.6 Å². The fourth-order valence-electron chi connectivity index (χ4n) is 2.88. The van der Waals surface area contributed by atoms with Gasteiger partial charge in [-0.25, -0.2) is 9.07 Å². The molecule has 0 unspecified atom stereocenters. The second-order valence-electron chi connectivity index (χ2n) is 6.31. The van der Waals surface area contributed by atoms with Gasteiger partial charge < -0.3 is 10.1 Å². The highest BCUT2D eigenvalue weighted by Gasteiger charge is 2.31. The van der Waals surface area contributed by atoms with Gasteiger partial charge in [-0.1, -0.05) is 12.1 Å². The van der Waals surface area contributed by atoms with E-state index in [1.807, 2.05) is 0 Å². The maximum absolute atomic E-state index is 13.1. The highest BCUT2D eigenvalue weighted by atomic mass is 19.4. The standard InChI is InChI=1S/C20H17F4N3O2/c1-12-18(13(2)27(26-12)16-7-5-15(21)6-8-16)19(28)25-11-14-3-9-17(10-4-14)29-20(22,23)24/h3-10H,11H2,1-2H3,(H,25,28). The van der Waals surface area contributed by atoms with Crippen LogP contribution in [0, 0.1) is 19.7 Å². The number of nitrogens with zero attached hydrogens (tertiary/aromatic N) is 2. The quantitative estimate of drug-likeness (QED) is 0.636. The average molecular weight is 407 g/mol. The summed E-state index contributed by atoms with van der Waals surface area (Å²) in [7, 11) is 0. The maximum atomic E-state index is 13.1. The van der Waals surface area contributed by atoms with Crippen LogP contribution in [0.4, 0.5) is 17.6 Å². The highest BCUT2D eigenvalue weighted by molar-refractivity contribution is 5.96. The summed E-state index contributed by atoms with van der Waals surface area (Å²) in [4.78, 5) is 12.6. The number of aryl methyl sites for hydroxylation is 1. The number of hydrogen-bond donors (Lipinski definition) is 1. The van der Waals surface area contributed by atoms with E-state index in [4.69, 9.17) is 0 Å². The van der Waals surface area contributed by atoms with Gasteiger partial charge >= 0.3 is 6.36 Å².